The summed E-state index contributed by atoms with van der Waals surface area (Å²) in [6.07, 6.45) is -16.4. The number of benzene rings is 1. The molecule has 0 bridgehead atoms. The highest BCUT2D eigenvalue weighted by molar-refractivity contribution is 5.62. The number of nitrogens with zero attached hydrogens (tertiary/aromatic N) is 4. The molecular weight excluding hydrogens is 489 g/mol. The number of rotatable bonds is 5. The first kappa shape index (κ1) is 25.2. The highest BCUT2D eigenvalue weighted by atomic mass is 19.4. The number of hydrogen-bond acceptors (Lipinski definition) is 7. The van der Waals surface area contributed by atoms with Gasteiger partial charge in [-0.3, -0.25) is 0 Å². The molecule has 184 valence electrons. The molecule has 0 spiro atoms. The molecular formula is C18H12F9N5O2. The first-order chi connectivity index (χ1) is 15.5. The number of hydrogen-bond donors (Lipinski definition) is 1. The van der Waals surface area contributed by atoms with Gasteiger partial charge in [-0.05, 0) is 12.5 Å². The minimum Gasteiger partial charge on any atom is -0.416 e. The fourth-order valence-corrected chi connectivity index (χ4v) is 2.58. The molecule has 3 aromatic rings. The monoisotopic (exact) mass is 501 g/mol. The Balaban J connectivity index is 2.06. The quantitative estimate of drug-likeness (QED) is 0.484. The van der Waals surface area contributed by atoms with E-state index >= 15 is 0 Å². The van der Waals surface area contributed by atoms with Gasteiger partial charge >= 0.3 is 18.5 Å². The first-order valence-corrected chi connectivity index (χ1v) is 8.95. The van der Waals surface area contributed by atoms with Gasteiger partial charge in [-0.25, -0.2) is 9.97 Å². The molecule has 7 nitrogen and oxygen atoms in total. The molecule has 2 heterocycles. The number of ether oxygens (including phenoxy) is 1. The molecule has 0 aliphatic rings. The third-order valence-electron chi connectivity index (χ3n) is 4.41. The van der Waals surface area contributed by atoms with Crippen molar-refractivity contribution < 1.29 is 48.7 Å². The van der Waals surface area contributed by atoms with Crippen LogP contribution >= 0.6 is 0 Å². The number of anilines is 1. The Morgan fingerprint density at radius 3 is 1.94 bits per heavy atom. The SMILES string of the molecule is CC(OCc1ccccc1)(c1nnc(-c2nc(C(F)(F)F)c(C(F)(F)F)nc2N)o1)C(F)(F)F. The highest BCUT2D eigenvalue weighted by Crippen LogP contribution is 2.44. The van der Waals surface area contributed by atoms with Crippen LogP contribution in [0.1, 0.15) is 29.8 Å². The van der Waals surface area contributed by atoms with Gasteiger partial charge < -0.3 is 14.9 Å². The molecule has 0 aliphatic heterocycles. The predicted octanol–water partition coefficient (Wildman–Crippen LogP) is 5.14. The van der Waals surface area contributed by atoms with Gasteiger partial charge in [-0.1, -0.05) is 30.3 Å². The van der Waals surface area contributed by atoms with Crippen molar-refractivity contribution in [2.75, 3.05) is 5.73 Å². The number of alkyl halides is 9. The average molecular weight is 501 g/mol. The van der Waals surface area contributed by atoms with Crippen LogP contribution in [0.25, 0.3) is 11.6 Å². The molecule has 2 aromatic heterocycles. The van der Waals surface area contributed by atoms with E-state index in [1.807, 2.05) is 0 Å². The largest absolute Gasteiger partial charge is 0.435 e. The van der Waals surface area contributed by atoms with Gasteiger partial charge in [0.15, 0.2) is 22.9 Å². The topological polar surface area (TPSA) is 100.0 Å². The molecule has 2 N–H and O–H groups in total. The van der Waals surface area contributed by atoms with Crippen LogP contribution in [0.5, 0.6) is 0 Å². The lowest BCUT2D eigenvalue weighted by molar-refractivity contribution is -0.289. The van der Waals surface area contributed by atoms with Crippen LogP contribution in [0, 0.1) is 0 Å². The second-order valence-corrected chi connectivity index (χ2v) is 6.87. The van der Waals surface area contributed by atoms with Crippen LogP contribution in [-0.2, 0) is 29.3 Å². The second-order valence-electron chi connectivity index (χ2n) is 6.87. The zero-order chi connectivity index (χ0) is 25.5. The van der Waals surface area contributed by atoms with Crippen molar-refractivity contribution in [3.63, 3.8) is 0 Å². The summed E-state index contributed by atoms with van der Waals surface area (Å²) in [7, 11) is 0. The Morgan fingerprint density at radius 1 is 0.853 bits per heavy atom. The van der Waals surface area contributed by atoms with Crippen LogP contribution in [0.15, 0.2) is 34.7 Å². The summed E-state index contributed by atoms with van der Waals surface area (Å²) < 4.78 is 130. The maximum Gasteiger partial charge on any atom is 0.435 e. The van der Waals surface area contributed by atoms with E-state index in [1.165, 1.54) is 12.1 Å². The zero-order valence-electron chi connectivity index (χ0n) is 16.7. The van der Waals surface area contributed by atoms with Gasteiger partial charge in [-0.15, -0.1) is 10.2 Å². The molecule has 1 atom stereocenters. The van der Waals surface area contributed by atoms with Gasteiger partial charge in [0, 0.05) is 0 Å². The van der Waals surface area contributed by atoms with Crippen LogP contribution < -0.4 is 5.73 Å². The molecule has 0 fully saturated rings. The van der Waals surface area contributed by atoms with E-state index in [0.717, 1.165) is 0 Å². The minimum atomic E-state index is -5.64. The first-order valence-electron chi connectivity index (χ1n) is 8.95. The normalized spacial score (nSPS) is 14.8. The molecule has 0 saturated carbocycles. The van der Waals surface area contributed by atoms with Crippen molar-refractivity contribution in [1.29, 1.82) is 0 Å². The number of halogens is 9. The van der Waals surface area contributed by atoms with Crippen molar-refractivity contribution in [2.24, 2.45) is 0 Å². The Kier molecular flexibility index (Phi) is 6.23. The van der Waals surface area contributed by atoms with Crippen LogP contribution in [0.3, 0.4) is 0 Å². The molecule has 34 heavy (non-hydrogen) atoms. The van der Waals surface area contributed by atoms with Gasteiger partial charge in [0.25, 0.3) is 11.8 Å². The van der Waals surface area contributed by atoms with Crippen LogP contribution in [0.2, 0.25) is 0 Å². The van der Waals surface area contributed by atoms with Crippen LogP contribution in [0.4, 0.5) is 45.3 Å². The number of aromatic nitrogens is 4. The maximum absolute atomic E-state index is 13.8. The van der Waals surface area contributed by atoms with Crippen molar-refractivity contribution in [2.45, 2.75) is 37.7 Å². The van der Waals surface area contributed by atoms with Gasteiger partial charge in [0.05, 0.1) is 6.61 Å². The van der Waals surface area contributed by atoms with Crippen molar-refractivity contribution >= 4 is 5.82 Å². The van der Waals surface area contributed by atoms with E-state index in [2.05, 4.69) is 20.2 Å². The number of nitrogen functional groups attached to an aromatic ring is 1. The molecule has 0 radical (unpaired) electrons. The Hall–Kier alpha value is -3.43. The summed E-state index contributed by atoms with van der Waals surface area (Å²) in [6, 6.07) is 7.62. The van der Waals surface area contributed by atoms with E-state index in [4.69, 9.17) is 14.9 Å². The molecule has 1 aromatic carbocycles. The molecule has 0 saturated heterocycles. The van der Waals surface area contributed by atoms with Crippen LogP contribution in [-0.4, -0.2) is 26.3 Å². The lowest BCUT2D eigenvalue weighted by Crippen LogP contribution is -2.42. The Bertz CT molecular complexity index is 1160. The lowest BCUT2D eigenvalue weighted by atomic mass is 10.1. The minimum absolute atomic E-state index is 0.338. The number of nitrogens with two attached hydrogens (primary N) is 1. The molecule has 3 rings (SSSR count). The van der Waals surface area contributed by atoms with E-state index in [0.29, 0.717) is 12.5 Å². The fraction of sp³-hybridized carbons (Fsp3) is 0.333. The van der Waals surface area contributed by atoms with E-state index in [1.54, 1.807) is 18.2 Å². The summed E-state index contributed by atoms with van der Waals surface area (Å²) >= 11 is 0. The lowest BCUT2D eigenvalue weighted by Gasteiger charge is -2.28. The van der Waals surface area contributed by atoms with Gasteiger partial charge in [0.2, 0.25) is 5.60 Å². The van der Waals surface area contributed by atoms with Crippen molar-refractivity contribution in [1.82, 2.24) is 20.2 Å². The average Bonchev–Trinajstić information content (AvgIpc) is 3.20. The van der Waals surface area contributed by atoms with Crippen molar-refractivity contribution in [3.05, 3.63) is 53.2 Å². The van der Waals surface area contributed by atoms with E-state index in [-0.39, 0.29) is 0 Å². The fourth-order valence-electron chi connectivity index (χ4n) is 2.58. The Morgan fingerprint density at radius 2 is 1.41 bits per heavy atom. The van der Waals surface area contributed by atoms with Gasteiger partial charge in [-0.2, -0.15) is 39.5 Å². The molecule has 1 unspecified atom stereocenters. The second kappa shape index (κ2) is 8.41. The summed E-state index contributed by atoms with van der Waals surface area (Å²) in [6.45, 7) is -0.0504. The molecule has 16 heteroatoms. The molecule has 0 aliphatic carbocycles. The smallest absolute Gasteiger partial charge is 0.416 e. The summed E-state index contributed by atoms with van der Waals surface area (Å²) in [5.74, 6) is -3.60. The maximum atomic E-state index is 13.8. The zero-order valence-corrected chi connectivity index (χ0v) is 16.7. The molecule has 0 amide bonds. The van der Waals surface area contributed by atoms with E-state index < -0.39 is 65.4 Å². The summed E-state index contributed by atoms with van der Waals surface area (Å²) in [5, 5.41) is 6.33. The summed E-state index contributed by atoms with van der Waals surface area (Å²) in [4.78, 5) is 5.45. The van der Waals surface area contributed by atoms with Crippen molar-refractivity contribution in [3.8, 4) is 11.6 Å². The highest BCUT2D eigenvalue weighted by Gasteiger charge is 2.58. The summed E-state index contributed by atoms with van der Waals surface area (Å²) in [5.41, 5.74) is -3.73. The predicted molar refractivity (Wildman–Crippen MR) is 94.4 cm³/mol. The third-order valence-corrected chi connectivity index (χ3v) is 4.41. The van der Waals surface area contributed by atoms with E-state index in [9.17, 15) is 39.5 Å². The van der Waals surface area contributed by atoms with Gasteiger partial charge in [0.1, 0.15) is 0 Å². The standard InChI is InChI=1S/C18H12F9N5O2/c1-15(18(25,26)27,33-7-8-5-3-2-4-6-8)14-32-31-13(34-14)9-12(28)30-11(17(22,23)24)10(29-9)16(19,20)21/h2-6H,7H2,1H3,(H2,28,30). The third kappa shape index (κ3) is 4.90. The Labute approximate surface area is 183 Å².